The number of nitrogen functional groups attached to an aromatic ring is 1. The predicted molar refractivity (Wildman–Crippen MR) is 62.9 cm³/mol. The van der Waals surface area contributed by atoms with E-state index in [-0.39, 0.29) is 17.4 Å². The average molecular weight is 240 g/mol. The summed E-state index contributed by atoms with van der Waals surface area (Å²) in [7, 11) is 1.41. The van der Waals surface area contributed by atoms with Gasteiger partial charge in [-0.2, -0.15) is 0 Å². The minimum absolute atomic E-state index is 0.147. The number of aromatic nitrogens is 2. The highest BCUT2D eigenvalue weighted by Crippen LogP contribution is 2.26. The van der Waals surface area contributed by atoms with E-state index in [0.717, 1.165) is 0 Å². The van der Waals surface area contributed by atoms with Crippen molar-refractivity contribution in [1.29, 1.82) is 0 Å². The van der Waals surface area contributed by atoms with Gasteiger partial charge in [0.1, 0.15) is 11.9 Å². The molecule has 0 atom stereocenters. The van der Waals surface area contributed by atoms with Crippen LogP contribution in [0, 0.1) is 0 Å². The molecule has 1 amide bonds. The number of rotatable bonds is 2. The summed E-state index contributed by atoms with van der Waals surface area (Å²) >= 11 is 0. The van der Waals surface area contributed by atoms with Crippen LogP contribution in [0.2, 0.25) is 0 Å². The molecule has 0 spiro atoms. The molecule has 0 aliphatic carbocycles. The number of carbonyl (C=O) groups is 1. The third-order valence-electron chi connectivity index (χ3n) is 1.65. The molecule has 17 heavy (non-hydrogen) atoms. The van der Waals surface area contributed by atoms with Gasteiger partial charge in [-0.15, -0.1) is 0 Å². The molecule has 0 saturated heterocycles. The molecule has 0 aliphatic rings. The summed E-state index contributed by atoms with van der Waals surface area (Å²) < 4.78 is 10.1. The molecule has 7 nitrogen and oxygen atoms in total. The first-order valence-corrected chi connectivity index (χ1v) is 4.98. The number of amides is 1. The molecular weight excluding hydrogens is 224 g/mol. The molecule has 0 unspecified atom stereocenters. The summed E-state index contributed by atoms with van der Waals surface area (Å²) in [6.07, 6.45) is 0.596. The summed E-state index contributed by atoms with van der Waals surface area (Å²) in [5.74, 6) is 0.529. The van der Waals surface area contributed by atoms with Gasteiger partial charge < -0.3 is 15.2 Å². The lowest BCUT2D eigenvalue weighted by atomic mass is 10.2. The van der Waals surface area contributed by atoms with Crippen molar-refractivity contribution >= 4 is 17.7 Å². The second-order valence-electron chi connectivity index (χ2n) is 4.27. The minimum atomic E-state index is -0.631. The first-order valence-electron chi connectivity index (χ1n) is 4.98. The Kier molecular flexibility index (Phi) is 3.72. The van der Waals surface area contributed by atoms with E-state index in [1.165, 1.54) is 13.4 Å². The van der Waals surface area contributed by atoms with Gasteiger partial charge in [-0.3, -0.25) is 5.32 Å². The van der Waals surface area contributed by atoms with Crippen molar-refractivity contribution in [2.24, 2.45) is 0 Å². The fourth-order valence-electron chi connectivity index (χ4n) is 1.08. The van der Waals surface area contributed by atoms with E-state index in [4.69, 9.17) is 15.2 Å². The van der Waals surface area contributed by atoms with E-state index >= 15 is 0 Å². The highest BCUT2D eigenvalue weighted by molar-refractivity contribution is 5.86. The zero-order valence-corrected chi connectivity index (χ0v) is 10.3. The van der Waals surface area contributed by atoms with Crippen molar-refractivity contribution < 1.29 is 14.3 Å². The first-order chi connectivity index (χ1) is 7.83. The number of carbonyl (C=O) groups excluding carboxylic acids is 1. The molecule has 0 bridgehead atoms. The summed E-state index contributed by atoms with van der Waals surface area (Å²) in [6.45, 7) is 5.29. The lowest BCUT2D eigenvalue weighted by Gasteiger charge is -2.19. The molecule has 1 rings (SSSR count). The van der Waals surface area contributed by atoms with Gasteiger partial charge in [0.2, 0.25) is 5.75 Å². The van der Waals surface area contributed by atoms with Gasteiger partial charge in [-0.1, -0.05) is 0 Å². The van der Waals surface area contributed by atoms with E-state index in [1.807, 2.05) is 0 Å². The van der Waals surface area contributed by atoms with Gasteiger partial charge in [0.05, 0.1) is 7.11 Å². The maximum Gasteiger partial charge on any atom is 0.413 e. The molecule has 0 radical (unpaired) electrons. The molecule has 0 fully saturated rings. The van der Waals surface area contributed by atoms with Crippen molar-refractivity contribution in [3.8, 4) is 5.75 Å². The van der Waals surface area contributed by atoms with Gasteiger partial charge in [0.25, 0.3) is 0 Å². The molecule has 7 heteroatoms. The van der Waals surface area contributed by atoms with Gasteiger partial charge in [-0.25, -0.2) is 14.8 Å². The summed E-state index contributed by atoms with van der Waals surface area (Å²) in [5, 5.41) is 2.44. The number of nitrogens with two attached hydrogens (primary N) is 1. The van der Waals surface area contributed by atoms with E-state index in [9.17, 15) is 4.79 Å². The highest BCUT2D eigenvalue weighted by Gasteiger charge is 2.19. The summed E-state index contributed by atoms with van der Waals surface area (Å²) in [5.41, 5.74) is 4.98. The van der Waals surface area contributed by atoms with E-state index in [0.29, 0.717) is 0 Å². The third-order valence-corrected chi connectivity index (χ3v) is 1.65. The Morgan fingerprint density at radius 2 is 2.06 bits per heavy atom. The Balaban J connectivity index is 2.82. The van der Waals surface area contributed by atoms with Crippen LogP contribution in [-0.4, -0.2) is 28.8 Å². The standard InChI is InChI=1S/C10H16N4O3/c1-10(2,3)17-9(15)14-8-6(16-4)7(11)12-5-13-8/h5H,1-4H3,(H3,11,12,13,14,15). The van der Waals surface area contributed by atoms with Crippen LogP contribution in [0.3, 0.4) is 0 Å². The number of ether oxygens (including phenoxy) is 2. The van der Waals surface area contributed by atoms with Crippen molar-refractivity contribution in [2.45, 2.75) is 26.4 Å². The first kappa shape index (κ1) is 13.0. The van der Waals surface area contributed by atoms with Gasteiger partial charge in [0.15, 0.2) is 11.6 Å². The number of nitrogens with one attached hydrogen (secondary N) is 1. The van der Waals surface area contributed by atoms with Crippen LogP contribution in [0.25, 0.3) is 0 Å². The van der Waals surface area contributed by atoms with Crippen LogP contribution in [0.1, 0.15) is 20.8 Å². The maximum absolute atomic E-state index is 11.5. The Labute approximate surface area is 99.3 Å². The van der Waals surface area contributed by atoms with Crippen LogP contribution in [0.5, 0.6) is 5.75 Å². The number of hydrogen-bond donors (Lipinski definition) is 2. The number of anilines is 2. The smallest absolute Gasteiger partial charge is 0.413 e. The SMILES string of the molecule is COc1c(N)ncnc1NC(=O)OC(C)(C)C. The lowest BCUT2D eigenvalue weighted by Crippen LogP contribution is -2.27. The zero-order chi connectivity index (χ0) is 13.1. The second kappa shape index (κ2) is 4.86. The topological polar surface area (TPSA) is 99.4 Å². The van der Waals surface area contributed by atoms with Crippen LogP contribution < -0.4 is 15.8 Å². The van der Waals surface area contributed by atoms with E-state index < -0.39 is 11.7 Å². The Morgan fingerprint density at radius 3 is 2.59 bits per heavy atom. The Bertz CT molecular complexity index is 415. The van der Waals surface area contributed by atoms with Crippen LogP contribution >= 0.6 is 0 Å². The van der Waals surface area contributed by atoms with Crippen molar-refractivity contribution in [2.75, 3.05) is 18.2 Å². The fraction of sp³-hybridized carbons (Fsp3) is 0.500. The van der Waals surface area contributed by atoms with Crippen LogP contribution in [0.4, 0.5) is 16.4 Å². The summed E-state index contributed by atoms with van der Waals surface area (Å²) in [4.78, 5) is 19.1. The zero-order valence-electron chi connectivity index (χ0n) is 10.3. The molecule has 94 valence electrons. The largest absolute Gasteiger partial charge is 0.490 e. The van der Waals surface area contributed by atoms with Crippen LogP contribution in [0.15, 0.2) is 6.33 Å². The molecule has 0 aliphatic heterocycles. The monoisotopic (exact) mass is 240 g/mol. The average Bonchev–Trinajstić information content (AvgIpc) is 2.14. The third kappa shape index (κ3) is 3.78. The Morgan fingerprint density at radius 1 is 1.41 bits per heavy atom. The molecule has 0 aromatic carbocycles. The van der Waals surface area contributed by atoms with Crippen molar-refractivity contribution in [3.63, 3.8) is 0 Å². The molecule has 1 aromatic heterocycles. The molecule has 1 heterocycles. The summed E-state index contributed by atoms with van der Waals surface area (Å²) in [6, 6.07) is 0. The number of hydrogen-bond acceptors (Lipinski definition) is 6. The van der Waals surface area contributed by atoms with E-state index in [1.54, 1.807) is 20.8 Å². The van der Waals surface area contributed by atoms with Crippen molar-refractivity contribution in [3.05, 3.63) is 6.33 Å². The number of methoxy groups -OCH3 is 1. The second-order valence-corrected chi connectivity index (χ2v) is 4.27. The van der Waals surface area contributed by atoms with Crippen LogP contribution in [-0.2, 0) is 4.74 Å². The minimum Gasteiger partial charge on any atom is -0.490 e. The molecular formula is C10H16N4O3. The lowest BCUT2D eigenvalue weighted by molar-refractivity contribution is 0.0635. The van der Waals surface area contributed by atoms with Crippen molar-refractivity contribution in [1.82, 2.24) is 9.97 Å². The normalized spacial score (nSPS) is 10.8. The number of nitrogens with zero attached hydrogens (tertiary/aromatic N) is 2. The molecule has 1 aromatic rings. The fourth-order valence-corrected chi connectivity index (χ4v) is 1.08. The van der Waals surface area contributed by atoms with Gasteiger partial charge >= 0.3 is 6.09 Å². The quantitative estimate of drug-likeness (QED) is 0.810. The molecule has 0 saturated carbocycles. The highest BCUT2D eigenvalue weighted by atomic mass is 16.6. The predicted octanol–water partition coefficient (Wildman–Crippen LogP) is 1.41. The van der Waals surface area contributed by atoms with Gasteiger partial charge in [0, 0.05) is 0 Å². The maximum atomic E-state index is 11.5. The van der Waals surface area contributed by atoms with E-state index in [2.05, 4.69) is 15.3 Å². The molecule has 3 N–H and O–H groups in total. The Hall–Kier alpha value is -2.05. The van der Waals surface area contributed by atoms with Gasteiger partial charge in [-0.05, 0) is 20.8 Å².